The van der Waals surface area contributed by atoms with Crippen molar-refractivity contribution in [2.45, 2.75) is 16.2 Å². The Labute approximate surface area is 445 Å². The fourth-order valence-corrected chi connectivity index (χ4v) is 14.2. The van der Waals surface area contributed by atoms with Crippen molar-refractivity contribution in [3.63, 3.8) is 0 Å². The summed E-state index contributed by atoms with van der Waals surface area (Å²) in [6.07, 6.45) is 0. The summed E-state index contributed by atoms with van der Waals surface area (Å²) in [7, 11) is 0. The molecule has 0 amide bonds. The predicted molar refractivity (Wildman–Crippen MR) is 313 cm³/mol. The molecule has 0 aromatic heterocycles. The Morgan fingerprint density at radius 2 is 0.500 bits per heavy atom. The van der Waals surface area contributed by atoms with Crippen LogP contribution in [0.5, 0.6) is 0 Å². The maximum Gasteiger partial charge on any atom is 0.0734 e. The fourth-order valence-electron chi connectivity index (χ4n) is 14.2. The molecule has 0 radical (unpaired) electrons. The molecule has 0 saturated heterocycles. The van der Waals surface area contributed by atoms with Crippen LogP contribution in [-0.4, -0.2) is 0 Å². The van der Waals surface area contributed by atoms with Crippen LogP contribution in [0.1, 0.15) is 66.8 Å². The van der Waals surface area contributed by atoms with Crippen LogP contribution in [0.25, 0.3) is 33.4 Å². The van der Waals surface area contributed by atoms with Crippen molar-refractivity contribution >= 4 is 17.1 Å². The Morgan fingerprint density at radius 1 is 0.197 bits per heavy atom. The summed E-state index contributed by atoms with van der Waals surface area (Å²) in [5.41, 5.74) is 24.2. The molecule has 0 aliphatic heterocycles. The molecule has 12 aromatic carbocycles. The summed E-state index contributed by atoms with van der Waals surface area (Å²) in [5.74, 6) is 0. The molecule has 356 valence electrons. The molecule has 0 saturated carbocycles. The van der Waals surface area contributed by atoms with E-state index in [-0.39, 0.29) is 0 Å². The summed E-state index contributed by atoms with van der Waals surface area (Å²) in [4.78, 5) is 2.57. The van der Waals surface area contributed by atoms with Gasteiger partial charge in [-0.1, -0.05) is 279 Å². The minimum absolute atomic E-state index is 0.534. The molecule has 0 fully saturated rings. The van der Waals surface area contributed by atoms with E-state index in [0.717, 1.165) is 17.1 Å². The zero-order valence-corrected chi connectivity index (χ0v) is 41.9. The van der Waals surface area contributed by atoms with Crippen molar-refractivity contribution in [3.05, 3.63) is 376 Å². The topological polar surface area (TPSA) is 3.24 Å². The van der Waals surface area contributed by atoms with E-state index >= 15 is 0 Å². The van der Waals surface area contributed by atoms with Crippen LogP contribution >= 0.6 is 0 Å². The molecule has 15 rings (SSSR count). The summed E-state index contributed by atoms with van der Waals surface area (Å²) < 4.78 is 0. The Hall–Kier alpha value is -9.56. The summed E-state index contributed by atoms with van der Waals surface area (Å²) in [6.45, 7) is 0. The molecule has 0 spiro atoms. The third-order valence-corrected chi connectivity index (χ3v) is 17.1. The highest BCUT2D eigenvalue weighted by molar-refractivity contribution is 5.96. The number of hydrogen-bond donors (Lipinski definition) is 0. The second kappa shape index (κ2) is 17.3. The van der Waals surface area contributed by atoms with Gasteiger partial charge in [0.15, 0.2) is 0 Å². The van der Waals surface area contributed by atoms with Crippen molar-refractivity contribution in [3.8, 4) is 33.4 Å². The van der Waals surface area contributed by atoms with Gasteiger partial charge in [-0.05, 0) is 125 Å². The molecular weight excluding hydrogens is 915 g/mol. The zero-order valence-electron chi connectivity index (χ0n) is 41.9. The van der Waals surface area contributed by atoms with Gasteiger partial charge in [0.2, 0.25) is 0 Å². The molecule has 0 unspecified atom stereocenters. The second-order valence-electron chi connectivity index (χ2n) is 20.6. The van der Waals surface area contributed by atoms with Crippen LogP contribution in [-0.2, 0) is 16.2 Å². The Balaban J connectivity index is 1.03. The highest BCUT2D eigenvalue weighted by Crippen LogP contribution is 2.62. The van der Waals surface area contributed by atoms with Gasteiger partial charge in [-0.25, -0.2) is 0 Å². The normalized spacial score (nSPS) is 14.4. The van der Waals surface area contributed by atoms with Gasteiger partial charge in [0.1, 0.15) is 0 Å². The highest BCUT2D eigenvalue weighted by Gasteiger charge is 2.50. The number of anilines is 3. The lowest BCUT2D eigenvalue weighted by Crippen LogP contribution is -2.31. The van der Waals surface area contributed by atoms with Gasteiger partial charge in [-0.3, -0.25) is 0 Å². The lowest BCUT2D eigenvalue weighted by Gasteiger charge is -2.39. The van der Waals surface area contributed by atoms with E-state index < -0.39 is 16.2 Å². The van der Waals surface area contributed by atoms with E-state index in [2.05, 4.69) is 314 Å². The van der Waals surface area contributed by atoms with Gasteiger partial charge in [-0.2, -0.15) is 0 Å². The lowest BCUT2D eigenvalue weighted by atomic mass is 9.67. The average Bonchev–Trinajstić information content (AvgIpc) is 4.17. The molecule has 0 atom stereocenters. The molecule has 0 heterocycles. The lowest BCUT2D eigenvalue weighted by molar-refractivity contribution is 0.764. The van der Waals surface area contributed by atoms with E-state index in [0.29, 0.717) is 0 Å². The Morgan fingerprint density at radius 3 is 0.934 bits per heavy atom. The van der Waals surface area contributed by atoms with E-state index in [1.54, 1.807) is 0 Å². The van der Waals surface area contributed by atoms with E-state index in [1.165, 1.54) is 100 Å². The minimum Gasteiger partial charge on any atom is -0.310 e. The van der Waals surface area contributed by atoms with E-state index in [4.69, 9.17) is 0 Å². The average molecular weight is 966 g/mol. The fraction of sp³-hybridized carbons (Fsp3) is 0.0400. The minimum atomic E-state index is -0.650. The number of benzene rings is 12. The first kappa shape index (κ1) is 44.0. The third kappa shape index (κ3) is 6.03. The SMILES string of the molecule is c1ccc(C2(c3ccc(N(c4ccc5c(c4)C(c4ccccc4)(c4ccccc4)c4ccccc4-5)c4cccc5c4C(c4ccccc4)(c4ccccc4)c4ccccc4-5)cc3)c3ccccc3-c3ccccc32)cc1. The summed E-state index contributed by atoms with van der Waals surface area (Å²) in [5, 5.41) is 0. The largest absolute Gasteiger partial charge is 0.310 e. The number of fused-ring (bicyclic) bond motifs is 9. The van der Waals surface area contributed by atoms with E-state index in [1.807, 2.05) is 0 Å². The number of nitrogens with zero attached hydrogens (tertiary/aromatic N) is 1. The molecule has 3 aliphatic rings. The van der Waals surface area contributed by atoms with Crippen molar-refractivity contribution < 1.29 is 0 Å². The standard InChI is InChI=1S/C75H51N/c1-6-25-52(26-7-1)73(66-40-20-16-35-60(66)61-36-17-21-41-67(61)73)57-45-47-58(48-46-57)76(59-49-50-64-62-37-18-22-42-68(62)74(70(64)51-59,53-27-8-2-9-28-53)54-29-10-3-11-30-54)71-44-24-39-65-63-38-19-23-43-69(63)75(72(65)71,55-31-12-4-13-32-55)56-33-14-5-15-34-56/h1-51H. The Bertz CT molecular complexity index is 4020. The van der Waals surface area contributed by atoms with Gasteiger partial charge in [0.25, 0.3) is 0 Å². The first-order valence-corrected chi connectivity index (χ1v) is 26.6. The van der Waals surface area contributed by atoms with Crippen LogP contribution < -0.4 is 4.90 Å². The molecule has 0 bridgehead atoms. The first-order valence-electron chi connectivity index (χ1n) is 26.6. The highest BCUT2D eigenvalue weighted by atomic mass is 15.1. The Kier molecular flexibility index (Phi) is 9.99. The van der Waals surface area contributed by atoms with Gasteiger partial charge in [0, 0.05) is 16.9 Å². The molecule has 1 nitrogen and oxygen atoms in total. The second-order valence-corrected chi connectivity index (χ2v) is 20.6. The van der Waals surface area contributed by atoms with Crippen LogP contribution in [0, 0.1) is 0 Å². The van der Waals surface area contributed by atoms with Gasteiger partial charge >= 0.3 is 0 Å². The van der Waals surface area contributed by atoms with Crippen molar-refractivity contribution in [2.75, 3.05) is 4.90 Å². The molecule has 76 heavy (non-hydrogen) atoms. The summed E-state index contributed by atoms with van der Waals surface area (Å²) in [6, 6.07) is 116. The van der Waals surface area contributed by atoms with Crippen LogP contribution in [0.4, 0.5) is 17.1 Å². The third-order valence-electron chi connectivity index (χ3n) is 17.1. The maximum absolute atomic E-state index is 2.57. The van der Waals surface area contributed by atoms with Gasteiger partial charge in [0.05, 0.1) is 21.9 Å². The van der Waals surface area contributed by atoms with Crippen molar-refractivity contribution in [1.82, 2.24) is 0 Å². The number of rotatable bonds is 9. The smallest absolute Gasteiger partial charge is 0.0734 e. The van der Waals surface area contributed by atoms with Crippen molar-refractivity contribution in [2.24, 2.45) is 0 Å². The van der Waals surface area contributed by atoms with Crippen LogP contribution in [0.3, 0.4) is 0 Å². The first-order chi connectivity index (χ1) is 37.7. The molecule has 3 aliphatic carbocycles. The molecule has 12 aromatic rings. The zero-order chi connectivity index (χ0) is 50.3. The van der Waals surface area contributed by atoms with E-state index in [9.17, 15) is 0 Å². The monoisotopic (exact) mass is 965 g/mol. The van der Waals surface area contributed by atoms with Gasteiger partial charge in [-0.15, -0.1) is 0 Å². The van der Waals surface area contributed by atoms with Crippen molar-refractivity contribution in [1.29, 1.82) is 0 Å². The quantitative estimate of drug-likeness (QED) is 0.139. The molecule has 1 heteroatoms. The molecular formula is C75H51N. The maximum atomic E-state index is 2.57. The summed E-state index contributed by atoms with van der Waals surface area (Å²) >= 11 is 0. The van der Waals surface area contributed by atoms with Gasteiger partial charge < -0.3 is 4.90 Å². The predicted octanol–water partition coefficient (Wildman–Crippen LogP) is 18.2. The molecule has 0 N–H and O–H groups in total. The van der Waals surface area contributed by atoms with Crippen LogP contribution in [0.2, 0.25) is 0 Å². The number of hydrogen-bond acceptors (Lipinski definition) is 1. The van der Waals surface area contributed by atoms with Crippen LogP contribution in [0.15, 0.2) is 309 Å².